The number of nitrogens with zero attached hydrogens (tertiary/aromatic N) is 2. The molecule has 0 N–H and O–H groups in total. The number of likely N-dealkylation sites (tertiary alicyclic amines) is 1. The van der Waals surface area contributed by atoms with Gasteiger partial charge in [-0.1, -0.05) is 48.5 Å². The van der Waals surface area contributed by atoms with Crippen LogP contribution in [-0.4, -0.2) is 22.9 Å². The van der Waals surface area contributed by atoms with Crippen molar-refractivity contribution in [2.75, 3.05) is 13.1 Å². The summed E-state index contributed by atoms with van der Waals surface area (Å²) >= 11 is 0. The minimum absolute atomic E-state index is 0.254. The van der Waals surface area contributed by atoms with Gasteiger partial charge in [-0.3, -0.25) is 15.0 Å². The number of hydrogen-bond acceptors (Lipinski definition) is 3. The van der Waals surface area contributed by atoms with Crippen molar-refractivity contribution in [1.29, 1.82) is 0 Å². The first-order valence-electron chi connectivity index (χ1n) is 7.23. The first-order valence-corrected chi connectivity index (χ1v) is 7.23. The highest BCUT2D eigenvalue weighted by molar-refractivity contribution is 5.43. The Morgan fingerprint density at radius 2 is 1.81 bits per heavy atom. The highest BCUT2D eigenvalue weighted by atomic mass is 16.6. The van der Waals surface area contributed by atoms with E-state index in [1.807, 2.05) is 30.3 Å². The maximum Gasteiger partial charge on any atom is 0.272 e. The van der Waals surface area contributed by atoms with Gasteiger partial charge in [0.05, 0.1) is 4.92 Å². The van der Waals surface area contributed by atoms with Gasteiger partial charge in [0.1, 0.15) is 0 Å². The van der Waals surface area contributed by atoms with Crippen LogP contribution >= 0.6 is 0 Å². The molecule has 4 heteroatoms. The Morgan fingerprint density at radius 3 is 2.57 bits per heavy atom. The third-order valence-electron chi connectivity index (χ3n) is 4.09. The Bertz CT molecular complexity index is 628. The average Bonchev–Trinajstić information content (AvgIpc) is 2.96. The second-order valence-corrected chi connectivity index (χ2v) is 5.52. The van der Waals surface area contributed by atoms with Crippen molar-refractivity contribution in [3.63, 3.8) is 0 Å². The summed E-state index contributed by atoms with van der Waals surface area (Å²) in [6.07, 6.45) is 0.984. The van der Waals surface area contributed by atoms with Gasteiger partial charge in [0, 0.05) is 30.6 Å². The Morgan fingerprint density at radius 1 is 1.10 bits per heavy atom. The zero-order valence-corrected chi connectivity index (χ0v) is 11.8. The molecule has 0 amide bonds. The van der Waals surface area contributed by atoms with Crippen LogP contribution in [0.15, 0.2) is 54.6 Å². The average molecular weight is 282 g/mol. The van der Waals surface area contributed by atoms with Crippen LogP contribution in [0.4, 0.5) is 5.69 Å². The molecule has 0 radical (unpaired) electrons. The van der Waals surface area contributed by atoms with E-state index >= 15 is 0 Å². The Kier molecular flexibility index (Phi) is 3.97. The lowest BCUT2D eigenvalue weighted by Crippen LogP contribution is -2.19. The molecule has 1 fully saturated rings. The fourth-order valence-electron chi connectivity index (χ4n) is 3.07. The molecule has 3 rings (SSSR count). The van der Waals surface area contributed by atoms with Gasteiger partial charge in [-0.05, 0) is 18.5 Å². The van der Waals surface area contributed by atoms with Crippen LogP contribution in [0.3, 0.4) is 0 Å². The molecular weight excluding hydrogens is 264 g/mol. The summed E-state index contributed by atoms with van der Waals surface area (Å²) in [7, 11) is 0. The van der Waals surface area contributed by atoms with Crippen molar-refractivity contribution < 1.29 is 4.92 Å². The van der Waals surface area contributed by atoms with Crippen LogP contribution in [0.5, 0.6) is 0 Å². The normalized spacial score (nSPS) is 18.8. The molecule has 1 saturated heterocycles. The third-order valence-corrected chi connectivity index (χ3v) is 4.09. The van der Waals surface area contributed by atoms with E-state index in [0.717, 1.165) is 31.6 Å². The van der Waals surface area contributed by atoms with E-state index in [1.54, 1.807) is 12.1 Å². The molecule has 0 spiro atoms. The second-order valence-electron chi connectivity index (χ2n) is 5.52. The first-order chi connectivity index (χ1) is 10.2. The van der Waals surface area contributed by atoms with Gasteiger partial charge in [0.2, 0.25) is 0 Å². The maximum absolute atomic E-state index is 11.1. The van der Waals surface area contributed by atoms with Crippen molar-refractivity contribution in [3.05, 3.63) is 75.8 Å². The summed E-state index contributed by atoms with van der Waals surface area (Å²) in [5.74, 6) is 0.260. The van der Waals surface area contributed by atoms with Gasteiger partial charge in [0.15, 0.2) is 0 Å². The van der Waals surface area contributed by atoms with Crippen molar-refractivity contribution in [3.8, 4) is 0 Å². The quantitative estimate of drug-likeness (QED) is 0.636. The fourth-order valence-corrected chi connectivity index (χ4v) is 3.07. The molecule has 1 aliphatic heterocycles. The van der Waals surface area contributed by atoms with Crippen molar-refractivity contribution in [1.82, 2.24) is 4.90 Å². The summed E-state index contributed by atoms with van der Waals surface area (Å²) in [6.45, 7) is 2.79. The van der Waals surface area contributed by atoms with Crippen LogP contribution in [0.2, 0.25) is 0 Å². The van der Waals surface area contributed by atoms with Crippen LogP contribution in [0.1, 0.15) is 23.5 Å². The number of para-hydroxylation sites is 1. The molecule has 2 aromatic rings. The molecule has 108 valence electrons. The predicted molar refractivity (Wildman–Crippen MR) is 82.2 cm³/mol. The van der Waals surface area contributed by atoms with E-state index in [0.29, 0.717) is 0 Å². The molecule has 1 heterocycles. The SMILES string of the molecule is O=[N+]([O-])c1ccccc1C1CCN(Cc2ccccc2)C1. The monoisotopic (exact) mass is 282 g/mol. The molecule has 0 aromatic heterocycles. The molecular formula is C17H18N2O2. The molecule has 21 heavy (non-hydrogen) atoms. The lowest BCUT2D eigenvalue weighted by Gasteiger charge is -2.16. The maximum atomic E-state index is 11.1. The highest BCUT2D eigenvalue weighted by Crippen LogP contribution is 2.33. The number of nitro groups is 1. The Hall–Kier alpha value is -2.20. The molecule has 4 nitrogen and oxygen atoms in total. The Labute approximate surface area is 124 Å². The number of benzene rings is 2. The molecule has 1 atom stereocenters. The van der Waals surface area contributed by atoms with Crippen molar-refractivity contribution >= 4 is 5.69 Å². The zero-order chi connectivity index (χ0) is 14.7. The topological polar surface area (TPSA) is 46.4 Å². The van der Waals surface area contributed by atoms with E-state index in [2.05, 4.69) is 17.0 Å². The molecule has 0 saturated carbocycles. The van der Waals surface area contributed by atoms with Crippen LogP contribution in [0.25, 0.3) is 0 Å². The summed E-state index contributed by atoms with van der Waals surface area (Å²) in [4.78, 5) is 13.2. The summed E-state index contributed by atoms with van der Waals surface area (Å²) in [5, 5.41) is 11.1. The van der Waals surface area contributed by atoms with Gasteiger partial charge in [-0.2, -0.15) is 0 Å². The molecule has 0 aliphatic carbocycles. The fraction of sp³-hybridized carbons (Fsp3) is 0.294. The van der Waals surface area contributed by atoms with E-state index in [4.69, 9.17) is 0 Å². The standard InChI is InChI=1S/C17H18N2O2/c20-19(21)17-9-5-4-8-16(17)15-10-11-18(13-15)12-14-6-2-1-3-7-14/h1-9,15H,10-13H2. The molecule has 0 bridgehead atoms. The highest BCUT2D eigenvalue weighted by Gasteiger charge is 2.28. The van der Waals surface area contributed by atoms with E-state index < -0.39 is 0 Å². The lowest BCUT2D eigenvalue weighted by molar-refractivity contribution is -0.385. The smallest absolute Gasteiger partial charge is 0.272 e. The summed E-state index contributed by atoms with van der Waals surface area (Å²) < 4.78 is 0. The summed E-state index contributed by atoms with van der Waals surface area (Å²) in [5.41, 5.74) is 2.42. The lowest BCUT2D eigenvalue weighted by atomic mass is 9.97. The van der Waals surface area contributed by atoms with Crippen LogP contribution in [0, 0.1) is 10.1 Å². The Balaban J connectivity index is 1.71. The predicted octanol–water partition coefficient (Wildman–Crippen LogP) is 3.58. The van der Waals surface area contributed by atoms with Gasteiger partial charge in [-0.25, -0.2) is 0 Å². The van der Waals surface area contributed by atoms with Gasteiger partial charge < -0.3 is 0 Å². The minimum Gasteiger partial charge on any atom is -0.298 e. The molecule has 1 unspecified atom stereocenters. The molecule has 2 aromatic carbocycles. The van der Waals surface area contributed by atoms with Gasteiger partial charge >= 0.3 is 0 Å². The van der Waals surface area contributed by atoms with E-state index in [-0.39, 0.29) is 16.5 Å². The van der Waals surface area contributed by atoms with Gasteiger partial charge in [-0.15, -0.1) is 0 Å². The zero-order valence-electron chi connectivity index (χ0n) is 11.8. The largest absolute Gasteiger partial charge is 0.298 e. The first kappa shape index (κ1) is 13.8. The number of hydrogen-bond donors (Lipinski definition) is 0. The van der Waals surface area contributed by atoms with Crippen LogP contribution in [-0.2, 0) is 6.54 Å². The summed E-state index contributed by atoms with van der Waals surface area (Å²) in [6, 6.07) is 17.5. The number of rotatable bonds is 4. The number of nitro benzene ring substituents is 1. The van der Waals surface area contributed by atoms with E-state index in [9.17, 15) is 10.1 Å². The van der Waals surface area contributed by atoms with Crippen molar-refractivity contribution in [2.24, 2.45) is 0 Å². The third kappa shape index (κ3) is 3.11. The molecule has 1 aliphatic rings. The minimum atomic E-state index is -0.269. The van der Waals surface area contributed by atoms with E-state index in [1.165, 1.54) is 5.56 Å². The van der Waals surface area contributed by atoms with Crippen molar-refractivity contribution in [2.45, 2.75) is 18.9 Å². The van der Waals surface area contributed by atoms with Crippen LogP contribution < -0.4 is 0 Å². The van der Waals surface area contributed by atoms with Gasteiger partial charge in [0.25, 0.3) is 5.69 Å². The second kappa shape index (κ2) is 6.06.